The second-order valence-electron chi connectivity index (χ2n) is 7.73. The molecule has 2 aromatic heterocycles. The molecule has 0 aliphatic carbocycles. The first-order valence-electron chi connectivity index (χ1n) is 10.8. The highest BCUT2D eigenvalue weighted by Gasteiger charge is 2.25. The molecule has 0 saturated carbocycles. The largest absolute Gasteiger partial charge is 0.497 e. The summed E-state index contributed by atoms with van der Waals surface area (Å²) in [6.07, 6.45) is 5.10. The maximum atomic E-state index is 13.3. The minimum absolute atomic E-state index is 0.0605. The van der Waals surface area contributed by atoms with Crippen LogP contribution in [0.3, 0.4) is 0 Å². The summed E-state index contributed by atoms with van der Waals surface area (Å²) in [6, 6.07) is 13.9. The number of pyridine rings is 1. The summed E-state index contributed by atoms with van der Waals surface area (Å²) in [7, 11) is 1.68. The number of hydrogen-bond donors (Lipinski definition) is 0. The maximum absolute atomic E-state index is 13.3. The molecule has 31 heavy (non-hydrogen) atoms. The molecule has 7 heteroatoms. The zero-order valence-electron chi connectivity index (χ0n) is 18.2. The van der Waals surface area contributed by atoms with Gasteiger partial charge in [0.25, 0.3) is 5.91 Å². The van der Waals surface area contributed by atoms with E-state index in [9.17, 15) is 4.79 Å². The Hall–Kier alpha value is -3.19. The molecule has 4 rings (SSSR count). The third-order valence-corrected chi connectivity index (χ3v) is 5.74. The van der Waals surface area contributed by atoms with Crippen molar-refractivity contribution >= 4 is 5.91 Å². The van der Waals surface area contributed by atoms with Gasteiger partial charge < -0.3 is 9.64 Å². The van der Waals surface area contributed by atoms with Gasteiger partial charge >= 0.3 is 0 Å². The fraction of sp³-hybridized carbons (Fsp3) is 0.375. The van der Waals surface area contributed by atoms with Gasteiger partial charge in [-0.15, -0.1) is 0 Å². The van der Waals surface area contributed by atoms with E-state index in [-0.39, 0.29) is 5.91 Å². The molecule has 1 aliphatic heterocycles. The summed E-state index contributed by atoms with van der Waals surface area (Å²) >= 11 is 0. The number of ether oxygens (including phenoxy) is 1. The fourth-order valence-corrected chi connectivity index (χ4v) is 4.06. The quantitative estimate of drug-likeness (QED) is 0.614. The molecule has 0 atom stereocenters. The summed E-state index contributed by atoms with van der Waals surface area (Å²) in [4.78, 5) is 22.1. The number of nitrogens with zero attached hydrogens (tertiary/aromatic N) is 5. The van der Waals surface area contributed by atoms with Gasteiger partial charge in [-0.3, -0.25) is 9.69 Å². The van der Waals surface area contributed by atoms with Crippen LogP contribution >= 0.6 is 0 Å². The van der Waals surface area contributed by atoms with Crippen molar-refractivity contribution in [3.8, 4) is 11.6 Å². The second-order valence-corrected chi connectivity index (χ2v) is 7.73. The summed E-state index contributed by atoms with van der Waals surface area (Å²) in [5.74, 6) is 1.67. The summed E-state index contributed by atoms with van der Waals surface area (Å²) < 4.78 is 7.02. The third kappa shape index (κ3) is 4.77. The first-order valence-corrected chi connectivity index (χ1v) is 10.8. The number of methoxy groups -OCH3 is 1. The minimum Gasteiger partial charge on any atom is -0.497 e. The molecule has 162 valence electrons. The first-order chi connectivity index (χ1) is 15.2. The number of carbonyl (C=O) groups is 1. The van der Waals surface area contributed by atoms with Gasteiger partial charge in [0.2, 0.25) is 0 Å². The van der Waals surface area contributed by atoms with Gasteiger partial charge in [0.1, 0.15) is 5.75 Å². The zero-order chi connectivity index (χ0) is 21.6. The Morgan fingerprint density at radius 2 is 1.90 bits per heavy atom. The second kappa shape index (κ2) is 9.75. The lowest BCUT2D eigenvalue weighted by molar-refractivity contribution is 0.0760. The Balaban J connectivity index is 1.43. The van der Waals surface area contributed by atoms with Crippen molar-refractivity contribution in [2.75, 3.05) is 33.3 Å². The van der Waals surface area contributed by atoms with Gasteiger partial charge in [-0.2, -0.15) is 5.10 Å². The summed E-state index contributed by atoms with van der Waals surface area (Å²) in [5.41, 5.74) is 2.84. The van der Waals surface area contributed by atoms with Gasteiger partial charge in [-0.05, 0) is 42.7 Å². The Morgan fingerprint density at radius 1 is 1.06 bits per heavy atom. The van der Waals surface area contributed by atoms with E-state index >= 15 is 0 Å². The predicted octanol–water partition coefficient (Wildman–Crippen LogP) is 3.19. The normalized spacial score (nSPS) is 15.0. The van der Waals surface area contributed by atoms with Crippen molar-refractivity contribution in [1.29, 1.82) is 0 Å². The van der Waals surface area contributed by atoms with Gasteiger partial charge in [0.05, 0.1) is 24.6 Å². The van der Waals surface area contributed by atoms with Crippen molar-refractivity contribution in [2.24, 2.45) is 0 Å². The molecule has 1 saturated heterocycles. The highest BCUT2D eigenvalue weighted by atomic mass is 16.5. The van der Waals surface area contributed by atoms with Crippen LogP contribution in [-0.2, 0) is 13.0 Å². The Morgan fingerprint density at radius 3 is 2.61 bits per heavy atom. The molecule has 0 spiro atoms. The zero-order valence-corrected chi connectivity index (χ0v) is 18.2. The molecule has 1 fully saturated rings. The molecule has 1 aromatic carbocycles. The van der Waals surface area contributed by atoms with Crippen molar-refractivity contribution in [1.82, 2.24) is 24.6 Å². The highest BCUT2D eigenvalue weighted by Crippen LogP contribution is 2.18. The smallest absolute Gasteiger partial charge is 0.257 e. The first kappa shape index (κ1) is 21.1. The van der Waals surface area contributed by atoms with Crippen molar-refractivity contribution in [2.45, 2.75) is 26.3 Å². The van der Waals surface area contributed by atoms with E-state index < -0.39 is 0 Å². The lowest BCUT2D eigenvalue weighted by Gasteiger charge is -2.22. The molecule has 0 unspecified atom stereocenters. The lowest BCUT2D eigenvalue weighted by Crippen LogP contribution is -2.35. The standard InChI is InChI=1S/C24H29N5O2/c1-3-22-21(17-26-29(22)23-7-4-5-12-25-23)24(30)28-14-6-13-27(15-16-28)18-19-8-10-20(31-2)11-9-19/h4-5,7-12,17H,3,6,13-16,18H2,1-2H3. The Labute approximate surface area is 183 Å². The van der Waals surface area contributed by atoms with E-state index in [1.165, 1.54) is 5.56 Å². The van der Waals surface area contributed by atoms with Crippen LogP contribution in [0.4, 0.5) is 0 Å². The third-order valence-electron chi connectivity index (χ3n) is 5.74. The van der Waals surface area contributed by atoms with Crippen LogP contribution in [0.2, 0.25) is 0 Å². The molecule has 1 amide bonds. The van der Waals surface area contributed by atoms with E-state index in [4.69, 9.17) is 4.74 Å². The van der Waals surface area contributed by atoms with Crippen LogP contribution in [0.25, 0.3) is 5.82 Å². The van der Waals surface area contributed by atoms with Crippen molar-refractivity contribution in [3.05, 3.63) is 71.7 Å². The van der Waals surface area contributed by atoms with Crippen molar-refractivity contribution < 1.29 is 9.53 Å². The van der Waals surface area contributed by atoms with Crippen LogP contribution in [0.15, 0.2) is 54.9 Å². The Kier molecular flexibility index (Phi) is 6.62. The molecule has 3 heterocycles. The number of carbonyl (C=O) groups excluding carboxylic acids is 1. The van der Waals surface area contributed by atoms with Gasteiger partial charge in [-0.25, -0.2) is 9.67 Å². The fourth-order valence-electron chi connectivity index (χ4n) is 4.06. The van der Waals surface area contributed by atoms with Crippen LogP contribution in [0.5, 0.6) is 5.75 Å². The van der Waals surface area contributed by atoms with Crippen LogP contribution in [-0.4, -0.2) is 63.8 Å². The molecule has 3 aromatic rings. The SMILES string of the molecule is CCc1c(C(=O)N2CCCN(Cc3ccc(OC)cc3)CC2)cnn1-c1ccccn1. The van der Waals surface area contributed by atoms with E-state index in [0.717, 1.165) is 56.3 Å². The topological polar surface area (TPSA) is 63.5 Å². The van der Waals surface area contributed by atoms with Crippen LogP contribution in [0, 0.1) is 0 Å². The molecule has 1 aliphatic rings. The van der Waals surface area contributed by atoms with Crippen molar-refractivity contribution in [3.63, 3.8) is 0 Å². The Bertz CT molecular complexity index is 1000. The average Bonchev–Trinajstić information content (AvgIpc) is 3.12. The summed E-state index contributed by atoms with van der Waals surface area (Å²) in [5, 5.41) is 4.47. The number of benzene rings is 1. The molecule has 0 radical (unpaired) electrons. The molecule has 0 N–H and O–H groups in total. The van der Waals surface area contributed by atoms with E-state index in [1.807, 2.05) is 42.2 Å². The minimum atomic E-state index is 0.0605. The summed E-state index contributed by atoms with van der Waals surface area (Å²) in [6.45, 7) is 6.23. The van der Waals surface area contributed by atoms with E-state index in [2.05, 4.69) is 27.1 Å². The van der Waals surface area contributed by atoms with Crippen LogP contribution < -0.4 is 4.74 Å². The monoisotopic (exact) mass is 419 g/mol. The number of hydrogen-bond acceptors (Lipinski definition) is 5. The van der Waals surface area contributed by atoms with E-state index in [0.29, 0.717) is 12.1 Å². The number of aromatic nitrogens is 3. The molecule has 7 nitrogen and oxygen atoms in total. The average molecular weight is 420 g/mol. The van der Waals surface area contributed by atoms with Crippen LogP contribution in [0.1, 0.15) is 35.0 Å². The highest BCUT2D eigenvalue weighted by molar-refractivity contribution is 5.95. The van der Waals surface area contributed by atoms with Gasteiger partial charge in [-0.1, -0.05) is 25.1 Å². The van der Waals surface area contributed by atoms with Gasteiger partial charge in [0.15, 0.2) is 5.82 Å². The molecular formula is C24H29N5O2. The predicted molar refractivity (Wildman–Crippen MR) is 120 cm³/mol. The number of rotatable bonds is 6. The lowest BCUT2D eigenvalue weighted by atomic mass is 10.1. The molecule has 0 bridgehead atoms. The van der Waals surface area contributed by atoms with E-state index in [1.54, 1.807) is 24.2 Å². The molecular weight excluding hydrogens is 390 g/mol. The number of amides is 1. The van der Waals surface area contributed by atoms with Gasteiger partial charge in [0, 0.05) is 38.9 Å². The maximum Gasteiger partial charge on any atom is 0.257 e.